The Kier molecular flexibility index (Phi) is 4.08. The van der Waals surface area contributed by atoms with E-state index in [0.29, 0.717) is 11.9 Å². The van der Waals surface area contributed by atoms with E-state index in [1.54, 1.807) is 7.05 Å². The highest BCUT2D eigenvalue weighted by Crippen LogP contribution is 2.10. The fraction of sp³-hybridized carbons (Fsp3) is 0.667. The van der Waals surface area contributed by atoms with E-state index in [0.717, 1.165) is 19.4 Å². The molecule has 0 saturated carbocycles. The van der Waals surface area contributed by atoms with Gasteiger partial charge in [-0.25, -0.2) is 0 Å². The van der Waals surface area contributed by atoms with Gasteiger partial charge in [0.2, 0.25) is 17.8 Å². The van der Waals surface area contributed by atoms with E-state index in [2.05, 4.69) is 27.2 Å². The van der Waals surface area contributed by atoms with Crippen molar-refractivity contribution in [1.82, 2.24) is 15.0 Å². The van der Waals surface area contributed by atoms with Gasteiger partial charge in [-0.15, -0.1) is 0 Å². The quantitative estimate of drug-likeness (QED) is 0.746. The first-order valence-corrected chi connectivity index (χ1v) is 5.07. The Bertz CT molecular complexity index is 313. The molecule has 0 saturated heterocycles. The van der Waals surface area contributed by atoms with Gasteiger partial charge in [0.1, 0.15) is 0 Å². The summed E-state index contributed by atoms with van der Waals surface area (Å²) in [6.45, 7) is 3.07. The first kappa shape index (κ1) is 11.5. The van der Waals surface area contributed by atoms with Crippen LogP contribution >= 0.6 is 0 Å². The van der Waals surface area contributed by atoms with Crippen molar-refractivity contribution < 1.29 is 0 Å². The Hall–Kier alpha value is -1.59. The molecule has 1 aromatic heterocycles. The zero-order valence-electron chi connectivity index (χ0n) is 9.49. The maximum Gasteiger partial charge on any atom is 0.231 e. The van der Waals surface area contributed by atoms with Crippen LogP contribution in [0.5, 0.6) is 0 Å². The smallest absolute Gasteiger partial charge is 0.231 e. The summed E-state index contributed by atoms with van der Waals surface area (Å²) in [6, 6.07) is 0. The highest BCUT2D eigenvalue weighted by molar-refractivity contribution is 5.40. The molecule has 0 bridgehead atoms. The number of nitrogen functional groups attached to an aromatic ring is 1. The van der Waals surface area contributed by atoms with Gasteiger partial charge in [-0.3, -0.25) is 0 Å². The second-order valence-corrected chi connectivity index (χ2v) is 3.34. The van der Waals surface area contributed by atoms with Gasteiger partial charge in [0, 0.05) is 20.6 Å². The highest BCUT2D eigenvalue weighted by Gasteiger charge is 2.07. The minimum Gasteiger partial charge on any atom is -0.368 e. The zero-order valence-corrected chi connectivity index (χ0v) is 9.49. The Morgan fingerprint density at radius 3 is 2.67 bits per heavy atom. The average Bonchev–Trinajstić information content (AvgIpc) is 2.24. The van der Waals surface area contributed by atoms with Crippen LogP contribution in [0.25, 0.3) is 0 Å². The van der Waals surface area contributed by atoms with Crippen LogP contribution in [0.4, 0.5) is 17.8 Å². The van der Waals surface area contributed by atoms with Gasteiger partial charge in [0.05, 0.1) is 0 Å². The lowest BCUT2D eigenvalue weighted by molar-refractivity contribution is 0.748. The maximum atomic E-state index is 5.57. The molecule has 0 unspecified atom stereocenters. The SMILES string of the molecule is CCCCN(C)c1nc(N)nc(NC)n1. The molecule has 0 aliphatic carbocycles. The van der Waals surface area contributed by atoms with Crippen molar-refractivity contribution >= 4 is 17.8 Å². The van der Waals surface area contributed by atoms with Crippen molar-refractivity contribution in [3.63, 3.8) is 0 Å². The van der Waals surface area contributed by atoms with Gasteiger partial charge in [-0.05, 0) is 6.42 Å². The Balaban J connectivity index is 2.78. The van der Waals surface area contributed by atoms with E-state index in [1.165, 1.54) is 0 Å². The van der Waals surface area contributed by atoms with E-state index < -0.39 is 0 Å². The third kappa shape index (κ3) is 3.23. The van der Waals surface area contributed by atoms with E-state index in [1.807, 2.05) is 11.9 Å². The van der Waals surface area contributed by atoms with Crippen LogP contribution in [-0.2, 0) is 0 Å². The number of rotatable bonds is 5. The fourth-order valence-electron chi connectivity index (χ4n) is 1.16. The molecule has 1 aromatic rings. The third-order valence-electron chi connectivity index (χ3n) is 2.05. The summed E-state index contributed by atoms with van der Waals surface area (Å²) >= 11 is 0. The van der Waals surface area contributed by atoms with Crippen LogP contribution in [0.15, 0.2) is 0 Å². The molecule has 6 nitrogen and oxygen atoms in total. The molecule has 6 heteroatoms. The number of nitrogens with one attached hydrogen (secondary N) is 1. The summed E-state index contributed by atoms with van der Waals surface area (Å²) in [7, 11) is 3.70. The molecule has 0 atom stereocenters. The standard InChI is InChI=1S/C9H18N6/c1-4-5-6-15(3)9-13-7(10)12-8(11-2)14-9/h4-6H2,1-3H3,(H3,10,11,12,13,14). The van der Waals surface area contributed by atoms with Gasteiger partial charge in [-0.1, -0.05) is 13.3 Å². The van der Waals surface area contributed by atoms with E-state index in [9.17, 15) is 0 Å². The molecule has 0 aliphatic heterocycles. The Morgan fingerprint density at radius 1 is 1.33 bits per heavy atom. The Labute approximate surface area is 89.9 Å². The van der Waals surface area contributed by atoms with Crippen LogP contribution in [-0.4, -0.2) is 35.6 Å². The van der Waals surface area contributed by atoms with E-state index >= 15 is 0 Å². The topological polar surface area (TPSA) is 80.0 Å². The van der Waals surface area contributed by atoms with Crippen molar-refractivity contribution in [2.75, 3.05) is 36.6 Å². The van der Waals surface area contributed by atoms with Gasteiger partial charge in [0.15, 0.2) is 0 Å². The number of unbranched alkanes of at least 4 members (excludes halogenated alkanes) is 1. The molecule has 0 aliphatic rings. The molecular weight excluding hydrogens is 192 g/mol. The van der Waals surface area contributed by atoms with Gasteiger partial charge in [0.25, 0.3) is 0 Å². The van der Waals surface area contributed by atoms with Crippen molar-refractivity contribution in [2.45, 2.75) is 19.8 Å². The number of hydrogen-bond acceptors (Lipinski definition) is 6. The molecule has 84 valence electrons. The zero-order chi connectivity index (χ0) is 11.3. The molecule has 0 amide bonds. The number of nitrogens with two attached hydrogens (primary N) is 1. The van der Waals surface area contributed by atoms with Gasteiger partial charge >= 0.3 is 0 Å². The molecule has 0 aromatic carbocycles. The lowest BCUT2D eigenvalue weighted by Crippen LogP contribution is -2.22. The fourth-order valence-corrected chi connectivity index (χ4v) is 1.16. The Morgan fingerprint density at radius 2 is 2.07 bits per heavy atom. The molecule has 3 N–H and O–H groups in total. The van der Waals surface area contributed by atoms with Crippen LogP contribution in [0, 0.1) is 0 Å². The first-order valence-electron chi connectivity index (χ1n) is 5.07. The predicted octanol–water partition coefficient (Wildman–Crippen LogP) is 0.732. The number of nitrogens with zero attached hydrogens (tertiary/aromatic N) is 4. The molecule has 1 rings (SSSR count). The number of hydrogen-bond donors (Lipinski definition) is 2. The normalized spacial score (nSPS) is 10.1. The van der Waals surface area contributed by atoms with Crippen molar-refractivity contribution in [3.05, 3.63) is 0 Å². The molecule has 1 heterocycles. The lowest BCUT2D eigenvalue weighted by Gasteiger charge is -2.16. The number of anilines is 3. The summed E-state index contributed by atoms with van der Waals surface area (Å²) in [6.07, 6.45) is 2.25. The van der Waals surface area contributed by atoms with E-state index in [4.69, 9.17) is 5.73 Å². The molecule has 0 spiro atoms. The van der Waals surface area contributed by atoms with Crippen molar-refractivity contribution in [3.8, 4) is 0 Å². The summed E-state index contributed by atoms with van der Waals surface area (Å²) in [5.41, 5.74) is 5.57. The molecule has 0 fully saturated rings. The summed E-state index contributed by atoms with van der Waals surface area (Å²) in [5.74, 6) is 1.36. The maximum absolute atomic E-state index is 5.57. The minimum atomic E-state index is 0.243. The van der Waals surface area contributed by atoms with Gasteiger partial charge < -0.3 is 16.0 Å². The summed E-state index contributed by atoms with van der Waals surface area (Å²) in [4.78, 5) is 14.2. The van der Waals surface area contributed by atoms with Crippen molar-refractivity contribution in [2.24, 2.45) is 0 Å². The predicted molar refractivity (Wildman–Crippen MR) is 62.0 cm³/mol. The van der Waals surface area contributed by atoms with E-state index in [-0.39, 0.29) is 5.95 Å². The van der Waals surface area contributed by atoms with Crippen molar-refractivity contribution in [1.29, 1.82) is 0 Å². The molecular formula is C9H18N6. The number of aromatic nitrogens is 3. The summed E-state index contributed by atoms with van der Waals surface area (Å²) < 4.78 is 0. The lowest BCUT2D eigenvalue weighted by atomic mass is 10.3. The van der Waals surface area contributed by atoms with Crippen LogP contribution < -0.4 is 16.0 Å². The molecule has 0 radical (unpaired) electrons. The second-order valence-electron chi connectivity index (χ2n) is 3.34. The monoisotopic (exact) mass is 210 g/mol. The summed E-state index contributed by atoms with van der Waals surface area (Å²) in [5, 5.41) is 2.85. The second kappa shape index (κ2) is 5.33. The first-order chi connectivity index (χ1) is 7.17. The van der Waals surface area contributed by atoms with Crippen LogP contribution in [0.1, 0.15) is 19.8 Å². The largest absolute Gasteiger partial charge is 0.368 e. The van der Waals surface area contributed by atoms with Crippen LogP contribution in [0.2, 0.25) is 0 Å². The third-order valence-corrected chi connectivity index (χ3v) is 2.05. The molecule has 15 heavy (non-hydrogen) atoms. The van der Waals surface area contributed by atoms with Gasteiger partial charge in [-0.2, -0.15) is 15.0 Å². The average molecular weight is 210 g/mol. The van der Waals surface area contributed by atoms with Crippen LogP contribution in [0.3, 0.4) is 0 Å². The minimum absolute atomic E-state index is 0.243. The highest BCUT2D eigenvalue weighted by atomic mass is 15.3.